The van der Waals surface area contributed by atoms with Gasteiger partial charge in [0.15, 0.2) is 0 Å². The number of rotatable bonds is 7. The highest BCUT2D eigenvalue weighted by Crippen LogP contribution is 2.06. The Bertz CT molecular complexity index is 405. The van der Waals surface area contributed by atoms with E-state index in [0.29, 0.717) is 13.2 Å². The van der Waals surface area contributed by atoms with Crippen molar-refractivity contribution in [2.24, 2.45) is 0 Å². The van der Waals surface area contributed by atoms with Crippen LogP contribution in [0.15, 0.2) is 24.3 Å². The molecule has 1 atom stereocenters. The number of carbonyl (C=O) groups excluding carboxylic acids is 1. The second-order valence-corrected chi connectivity index (χ2v) is 5.02. The van der Waals surface area contributed by atoms with Crippen LogP contribution >= 0.6 is 0 Å². The van der Waals surface area contributed by atoms with Gasteiger partial charge in [-0.2, -0.15) is 0 Å². The van der Waals surface area contributed by atoms with E-state index in [0.717, 1.165) is 11.1 Å². The molecule has 0 aliphatic rings. The maximum absolute atomic E-state index is 11.8. The highest BCUT2D eigenvalue weighted by atomic mass is 16.5. The normalized spacial score (nSPS) is 12.5. The zero-order valence-corrected chi connectivity index (χ0v) is 12.2. The van der Waals surface area contributed by atoms with Crippen molar-refractivity contribution >= 4 is 5.91 Å². The van der Waals surface area contributed by atoms with Gasteiger partial charge in [-0.15, -0.1) is 0 Å². The highest BCUT2D eigenvalue weighted by molar-refractivity contribution is 5.81. The first-order valence-corrected chi connectivity index (χ1v) is 6.63. The predicted octanol–water partition coefficient (Wildman–Crippen LogP) is 1.84. The number of ether oxygens (including phenoxy) is 1. The van der Waals surface area contributed by atoms with Gasteiger partial charge in [-0.05, 0) is 31.9 Å². The van der Waals surface area contributed by atoms with Gasteiger partial charge in [0.25, 0.3) is 0 Å². The average molecular weight is 264 g/mol. The van der Waals surface area contributed by atoms with E-state index in [9.17, 15) is 4.79 Å². The van der Waals surface area contributed by atoms with Gasteiger partial charge in [0, 0.05) is 19.7 Å². The largest absolute Gasteiger partial charge is 0.380 e. The molecule has 0 aromatic heterocycles. The molecule has 19 heavy (non-hydrogen) atoms. The highest BCUT2D eigenvalue weighted by Gasteiger charge is 2.12. The molecule has 0 radical (unpaired) electrons. The molecule has 1 aromatic carbocycles. The molecule has 4 nitrogen and oxygen atoms in total. The van der Waals surface area contributed by atoms with Crippen LogP contribution in [0.3, 0.4) is 0 Å². The van der Waals surface area contributed by atoms with Crippen molar-refractivity contribution < 1.29 is 9.53 Å². The third-order valence-electron chi connectivity index (χ3n) is 2.74. The Labute approximate surface area is 115 Å². The molecule has 4 heteroatoms. The lowest BCUT2D eigenvalue weighted by Crippen LogP contribution is -2.44. The zero-order chi connectivity index (χ0) is 14.3. The molecule has 0 heterocycles. The Kier molecular flexibility index (Phi) is 6.53. The number of amides is 1. The van der Waals surface area contributed by atoms with E-state index >= 15 is 0 Å². The number of carbonyl (C=O) groups is 1. The van der Waals surface area contributed by atoms with E-state index in [1.807, 2.05) is 39.0 Å². The van der Waals surface area contributed by atoms with Gasteiger partial charge < -0.3 is 15.4 Å². The van der Waals surface area contributed by atoms with Crippen LogP contribution in [0.2, 0.25) is 0 Å². The van der Waals surface area contributed by atoms with Gasteiger partial charge in [-0.25, -0.2) is 0 Å². The predicted molar refractivity (Wildman–Crippen MR) is 76.7 cm³/mol. The molecule has 0 aliphatic carbocycles. The van der Waals surface area contributed by atoms with Crippen molar-refractivity contribution in [1.82, 2.24) is 10.6 Å². The second kappa shape index (κ2) is 7.92. The molecule has 0 spiro atoms. The SMILES string of the molecule is COCc1cccc(CNC(C)C(=O)NC(C)C)c1. The standard InChI is InChI=1S/C15H24N2O2/c1-11(2)17-15(18)12(3)16-9-13-6-5-7-14(8-13)10-19-4/h5-8,11-12,16H,9-10H2,1-4H3,(H,17,18). The minimum Gasteiger partial charge on any atom is -0.380 e. The molecule has 0 fully saturated rings. The van der Waals surface area contributed by atoms with E-state index in [1.165, 1.54) is 0 Å². The summed E-state index contributed by atoms with van der Waals surface area (Å²) in [5.74, 6) is 0.0306. The topological polar surface area (TPSA) is 50.4 Å². The summed E-state index contributed by atoms with van der Waals surface area (Å²) >= 11 is 0. The molecular formula is C15H24N2O2. The van der Waals surface area contributed by atoms with Crippen LogP contribution in [0, 0.1) is 0 Å². The van der Waals surface area contributed by atoms with E-state index < -0.39 is 0 Å². The van der Waals surface area contributed by atoms with Crippen molar-refractivity contribution in [2.75, 3.05) is 7.11 Å². The fourth-order valence-electron chi connectivity index (χ4n) is 1.77. The fraction of sp³-hybridized carbons (Fsp3) is 0.533. The van der Waals surface area contributed by atoms with Crippen LogP contribution in [0.5, 0.6) is 0 Å². The van der Waals surface area contributed by atoms with Crippen molar-refractivity contribution in [3.8, 4) is 0 Å². The summed E-state index contributed by atoms with van der Waals surface area (Å²) in [6.45, 7) is 7.07. The molecule has 0 aliphatic heterocycles. The van der Waals surface area contributed by atoms with Crippen molar-refractivity contribution in [3.05, 3.63) is 35.4 Å². The van der Waals surface area contributed by atoms with Crippen molar-refractivity contribution in [2.45, 2.75) is 46.0 Å². The molecule has 2 N–H and O–H groups in total. The van der Waals surface area contributed by atoms with Crippen LogP contribution in [0.4, 0.5) is 0 Å². The van der Waals surface area contributed by atoms with Gasteiger partial charge in [0.2, 0.25) is 5.91 Å². The summed E-state index contributed by atoms with van der Waals surface area (Å²) < 4.78 is 5.11. The zero-order valence-electron chi connectivity index (χ0n) is 12.2. The Morgan fingerprint density at radius 1 is 1.26 bits per heavy atom. The van der Waals surface area contributed by atoms with Crippen LogP contribution < -0.4 is 10.6 Å². The number of nitrogens with one attached hydrogen (secondary N) is 2. The third-order valence-corrected chi connectivity index (χ3v) is 2.74. The fourth-order valence-corrected chi connectivity index (χ4v) is 1.77. The lowest BCUT2D eigenvalue weighted by Gasteiger charge is -2.16. The number of benzene rings is 1. The smallest absolute Gasteiger partial charge is 0.237 e. The summed E-state index contributed by atoms with van der Waals surface area (Å²) in [6.07, 6.45) is 0. The van der Waals surface area contributed by atoms with Crippen LogP contribution in [0.1, 0.15) is 31.9 Å². The Balaban J connectivity index is 2.47. The van der Waals surface area contributed by atoms with E-state index in [1.54, 1.807) is 7.11 Å². The summed E-state index contributed by atoms with van der Waals surface area (Å²) in [5.41, 5.74) is 2.29. The number of methoxy groups -OCH3 is 1. The maximum atomic E-state index is 11.8. The van der Waals surface area contributed by atoms with E-state index in [4.69, 9.17) is 4.74 Å². The Morgan fingerprint density at radius 3 is 2.58 bits per heavy atom. The van der Waals surface area contributed by atoms with E-state index in [-0.39, 0.29) is 18.0 Å². The first-order valence-electron chi connectivity index (χ1n) is 6.63. The molecule has 1 amide bonds. The minimum atomic E-state index is -0.200. The maximum Gasteiger partial charge on any atom is 0.237 e. The Morgan fingerprint density at radius 2 is 1.95 bits per heavy atom. The second-order valence-electron chi connectivity index (χ2n) is 5.02. The minimum absolute atomic E-state index is 0.0306. The molecule has 0 saturated carbocycles. The quantitative estimate of drug-likeness (QED) is 0.790. The Hall–Kier alpha value is -1.39. The summed E-state index contributed by atoms with van der Waals surface area (Å²) in [4.78, 5) is 11.8. The average Bonchev–Trinajstić information content (AvgIpc) is 2.36. The lowest BCUT2D eigenvalue weighted by molar-refractivity contribution is -0.123. The molecule has 0 saturated heterocycles. The summed E-state index contributed by atoms with van der Waals surface area (Å²) in [7, 11) is 1.68. The third kappa shape index (κ3) is 5.85. The van der Waals surface area contributed by atoms with Gasteiger partial charge in [-0.3, -0.25) is 4.79 Å². The van der Waals surface area contributed by atoms with Crippen molar-refractivity contribution in [1.29, 1.82) is 0 Å². The van der Waals surface area contributed by atoms with Crippen LogP contribution in [-0.2, 0) is 22.7 Å². The van der Waals surface area contributed by atoms with Gasteiger partial charge in [0.1, 0.15) is 0 Å². The molecule has 0 bridgehead atoms. The van der Waals surface area contributed by atoms with Gasteiger partial charge in [-0.1, -0.05) is 24.3 Å². The number of hydrogen-bond acceptors (Lipinski definition) is 3. The molecule has 106 valence electrons. The van der Waals surface area contributed by atoms with Crippen LogP contribution in [-0.4, -0.2) is 25.1 Å². The van der Waals surface area contributed by atoms with Gasteiger partial charge in [0.05, 0.1) is 12.6 Å². The monoisotopic (exact) mass is 264 g/mol. The lowest BCUT2D eigenvalue weighted by atomic mass is 10.1. The first kappa shape index (κ1) is 15.7. The molecule has 1 aromatic rings. The van der Waals surface area contributed by atoms with Crippen LogP contribution in [0.25, 0.3) is 0 Å². The molecular weight excluding hydrogens is 240 g/mol. The molecule has 1 unspecified atom stereocenters. The number of hydrogen-bond donors (Lipinski definition) is 2. The molecule has 1 rings (SSSR count). The van der Waals surface area contributed by atoms with E-state index in [2.05, 4.69) is 16.7 Å². The van der Waals surface area contributed by atoms with Crippen molar-refractivity contribution in [3.63, 3.8) is 0 Å². The summed E-state index contributed by atoms with van der Waals surface area (Å²) in [5, 5.41) is 6.11. The summed E-state index contributed by atoms with van der Waals surface area (Å²) in [6, 6.07) is 8.13. The van der Waals surface area contributed by atoms with Gasteiger partial charge >= 0.3 is 0 Å². The first-order chi connectivity index (χ1) is 9.02.